The van der Waals surface area contributed by atoms with Gasteiger partial charge in [-0.15, -0.1) is 0 Å². The highest BCUT2D eigenvalue weighted by atomic mass is 16.5. The van der Waals surface area contributed by atoms with Crippen molar-refractivity contribution < 1.29 is 18.9 Å². The summed E-state index contributed by atoms with van der Waals surface area (Å²) in [6.07, 6.45) is 3.54. The molecular formula is C17H22N4O4. The van der Waals surface area contributed by atoms with E-state index in [0.717, 1.165) is 36.3 Å². The number of amides is 4. The number of hydrogen-bond donors (Lipinski definition) is 1. The van der Waals surface area contributed by atoms with E-state index in [1.165, 1.54) is 0 Å². The molecular weight excluding hydrogens is 324 g/mol. The smallest absolute Gasteiger partial charge is 0.325 e. The molecule has 0 bridgehead atoms. The van der Waals surface area contributed by atoms with Crippen molar-refractivity contribution >= 4 is 17.8 Å². The molecule has 8 nitrogen and oxygen atoms in total. The molecule has 1 aromatic rings. The van der Waals surface area contributed by atoms with Gasteiger partial charge in [-0.2, -0.15) is 0 Å². The van der Waals surface area contributed by atoms with Gasteiger partial charge in [0.15, 0.2) is 0 Å². The molecule has 2 aliphatic heterocycles. The highest BCUT2D eigenvalue weighted by molar-refractivity contribution is 6.09. The van der Waals surface area contributed by atoms with Crippen LogP contribution in [0, 0.1) is 12.8 Å². The van der Waals surface area contributed by atoms with Gasteiger partial charge in [-0.05, 0) is 45.4 Å². The normalized spacial score (nSPS) is 29.4. The molecule has 0 spiro atoms. The predicted molar refractivity (Wildman–Crippen MR) is 86.3 cm³/mol. The predicted octanol–water partition coefficient (Wildman–Crippen LogP) is 1.37. The van der Waals surface area contributed by atoms with E-state index < -0.39 is 11.6 Å². The fraction of sp³-hybridized carbons (Fsp3) is 0.647. The molecule has 134 valence electrons. The second kappa shape index (κ2) is 5.57. The summed E-state index contributed by atoms with van der Waals surface area (Å²) in [5.41, 5.74) is -0.131. The van der Waals surface area contributed by atoms with Crippen molar-refractivity contribution in [3.8, 4) is 0 Å². The summed E-state index contributed by atoms with van der Waals surface area (Å²) in [7, 11) is 0. The lowest BCUT2D eigenvalue weighted by molar-refractivity contribution is -0.139. The van der Waals surface area contributed by atoms with Gasteiger partial charge in [0.05, 0.1) is 6.04 Å². The molecule has 0 aromatic carbocycles. The fourth-order valence-corrected chi connectivity index (χ4v) is 3.94. The Hall–Kier alpha value is -2.38. The van der Waals surface area contributed by atoms with Crippen LogP contribution >= 0.6 is 0 Å². The molecule has 3 fully saturated rings. The van der Waals surface area contributed by atoms with Crippen molar-refractivity contribution in [2.75, 3.05) is 13.1 Å². The van der Waals surface area contributed by atoms with Gasteiger partial charge < -0.3 is 14.7 Å². The zero-order valence-electron chi connectivity index (χ0n) is 14.4. The molecule has 4 rings (SSSR count). The molecule has 1 saturated carbocycles. The first-order chi connectivity index (χ1) is 11.9. The molecule has 2 atom stereocenters. The number of nitrogens with zero attached hydrogens (tertiary/aromatic N) is 3. The van der Waals surface area contributed by atoms with E-state index in [1.807, 2.05) is 13.0 Å². The van der Waals surface area contributed by atoms with Gasteiger partial charge in [-0.3, -0.25) is 14.5 Å². The van der Waals surface area contributed by atoms with Crippen LogP contribution in [0.25, 0.3) is 0 Å². The molecule has 1 aromatic heterocycles. The number of rotatable bonds is 4. The van der Waals surface area contributed by atoms with E-state index in [-0.39, 0.29) is 30.3 Å². The van der Waals surface area contributed by atoms with E-state index >= 15 is 0 Å². The van der Waals surface area contributed by atoms with Gasteiger partial charge in [0.1, 0.15) is 23.5 Å². The molecule has 8 heteroatoms. The number of hydrogen-bond acceptors (Lipinski definition) is 5. The van der Waals surface area contributed by atoms with E-state index in [9.17, 15) is 14.4 Å². The quantitative estimate of drug-likeness (QED) is 0.831. The van der Waals surface area contributed by atoms with E-state index in [0.29, 0.717) is 12.3 Å². The Morgan fingerprint density at radius 2 is 2.16 bits per heavy atom. The van der Waals surface area contributed by atoms with Gasteiger partial charge in [0, 0.05) is 12.6 Å². The lowest BCUT2D eigenvalue weighted by Gasteiger charge is -2.25. The molecule has 2 saturated heterocycles. The molecule has 3 aliphatic rings. The van der Waals surface area contributed by atoms with Crippen LogP contribution in [0.1, 0.15) is 50.1 Å². The number of carbonyl (C=O) groups excluding carboxylic acids is 3. The monoisotopic (exact) mass is 346 g/mol. The van der Waals surface area contributed by atoms with Crippen LogP contribution in [0.3, 0.4) is 0 Å². The van der Waals surface area contributed by atoms with Gasteiger partial charge in [0.2, 0.25) is 5.91 Å². The Bertz CT molecular complexity index is 741. The summed E-state index contributed by atoms with van der Waals surface area (Å²) < 4.78 is 5.12. The van der Waals surface area contributed by atoms with Crippen LogP contribution < -0.4 is 5.32 Å². The lowest BCUT2D eigenvalue weighted by atomic mass is 9.96. The Kier molecular flexibility index (Phi) is 3.59. The summed E-state index contributed by atoms with van der Waals surface area (Å²) in [5.74, 6) is 0.360. The maximum atomic E-state index is 12.8. The minimum absolute atomic E-state index is 0.152. The first-order valence-corrected chi connectivity index (χ1v) is 8.77. The van der Waals surface area contributed by atoms with Crippen molar-refractivity contribution in [2.45, 2.75) is 51.1 Å². The summed E-state index contributed by atoms with van der Waals surface area (Å²) in [5, 5.41) is 6.79. The van der Waals surface area contributed by atoms with Crippen molar-refractivity contribution in [1.82, 2.24) is 20.3 Å². The highest BCUT2D eigenvalue weighted by Crippen LogP contribution is 2.42. The van der Waals surface area contributed by atoms with Crippen LogP contribution in [0.4, 0.5) is 4.79 Å². The van der Waals surface area contributed by atoms with Crippen molar-refractivity contribution in [1.29, 1.82) is 0 Å². The zero-order valence-corrected chi connectivity index (χ0v) is 14.4. The average molecular weight is 346 g/mol. The van der Waals surface area contributed by atoms with Crippen molar-refractivity contribution in [2.24, 2.45) is 5.92 Å². The van der Waals surface area contributed by atoms with Gasteiger partial charge in [0.25, 0.3) is 5.91 Å². The summed E-state index contributed by atoms with van der Waals surface area (Å²) in [6, 6.07) is 1.20. The summed E-state index contributed by atoms with van der Waals surface area (Å²) in [4.78, 5) is 40.4. The van der Waals surface area contributed by atoms with Crippen molar-refractivity contribution in [3.63, 3.8) is 0 Å². The van der Waals surface area contributed by atoms with Crippen LogP contribution in [-0.4, -0.2) is 51.4 Å². The maximum Gasteiger partial charge on any atom is 0.325 e. The standard InChI is InChI=1S/C17H22N4O4/c1-10-8-12(19-25-10)13-4-3-7-20(13)14(22)9-21-15(23)17(2,11-5-6-11)18-16(21)24/h8,11,13H,3-7,9H2,1-2H3,(H,18,24)/t13-,17+/m0/s1. The number of urea groups is 1. The number of carbonyl (C=O) groups is 3. The van der Waals surface area contributed by atoms with Crippen molar-refractivity contribution in [3.05, 3.63) is 17.5 Å². The molecule has 25 heavy (non-hydrogen) atoms. The maximum absolute atomic E-state index is 12.8. The van der Waals surface area contributed by atoms with Crippen LogP contribution in [-0.2, 0) is 9.59 Å². The Labute approximate surface area is 145 Å². The van der Waals surface area contributed by atoms with E-state index in [1.54, 1.807) is 11.8 Å². The topological polar surface area (TPSA) is 95.8 Å². The first-order valence-electron chi connectivity index (χ1n) is 8.77. The molecule has 1 N–H and O–H groups in total. The number of imide groups is 1. The third-order valence-corrected chi connectivity index (χ3v) is 5.55. The largest absolute Gasteiger partial charge is 0.361 e. The summed E-state index contributed by atoms with van der Waals surface area (Å²) in [6.45, 7) is 3.94. The first kappa shape index (κ1) is 16.1. The Morgan fingerprint density at radius 3 is 2.80 bits per heavy atom. The van der Waals surface area contributed by atoms with Gasteiger partial charge >= 0.3 is 6.03 Å². The molecule has 3 heterocycles. The number of likely N-dealkylation sites (tertiary alicyclic amines) is 1. The number of nitrogens with one attached hydrogen (secondary N) is 1. The van der Waals surface area contributed by atoms with Gasteiger partial charge in [-0.1, -0.05) is 5.16 Å². The van der Waals surface area contributed by atoms with Crippen LogP contribution in [0.5, 0.6) is 0 Å². The zero-order chi connectivity index (χ0) is 17.8. The van der Waals surface area contributed by atoms with Crippen LogP contribution in [0.2, 0.25) is 0 Å². The van der Waals surface area contributed by atoms with E-state index in [4.69, 9.17) is 4.52 Å². The van der Waals surface area contributed by atoms with Gasteiger partial charge in [-0.25, -0.2) is 4.79 Å². The Balaban J connectivity index is 1.48. The average Bonchev–Trinajstić information content (AvgIpc) is 3.10. The second-order valence-electron chi connectivity index (χ2n) is 7.41. The molecule has 0 radical (unpaired) electrons. The molecule has 0 unspecified atom stereocenters. The minimum Gasteiger partial charge on any atom is -0.361 e. The number of aryl methyl sites for hydroxylation is 1. The SMILES string of the molecule is Cc1cc([C@@H]2CCCN2C(=O)CN2C(=O)N[C@](C)(C3CC3)C2=O)no1. The third-order valence-electron chi connectivity index (χ3n) is 5.55. The molecule has 4 amide bonds. The van der Waals surface area contributed by atoms with Crippen LogP contribution in [0.15, 0.2) is 10.6 Å². The molecule has 1 aliphatic carbocycles. The third kappa shape index (κ3) is 2.60. The Morgan fingerprint density at radius 1 is 1.40 bits per heavy atom. The second-order valence-corrected chi connectivity index (χ2v) is 7.41. The van der Waals surface area contributed by atoms with E-state index in [2.05, 4.69) is 10.5 Å². The highest BCUT2D eigenvalue weighted by Gasteiger charge is 2.56. The summed E-state index contributed by atoms with van der Waals surface area (Å²) >= 11 is 0. The fourth-order valence-electron chi connectivity index (χ4n) is 3.94. The minimum atomic E-state index is -0.856. The number of aromatic nitrogens is 1. The lowest BCUT2D eigenvalue weighted by Crippen LogP contribution is -2.47.